The van der Waals surface area contributed by atoms with Crippen molar-refractivity contribution in [1.29, 1.82) is 0 Å². The van der Waals surface area contributed by atoms with Gasteiger partial charge in [0, 0.05) is 11.1 Å². The van der Waals surface area contributed by atoms with Crippen LogP contribution in [-0.4, -0.2) is 18.5 Å². The average Bonchev–Trinajstić information content (AvgIpc) is 2.82. The molecule has 1 aliphatic heterocycles. The Morgan fingerprint density at radius 2 is 1.44 bits per heavy atom. The number of fused-ring (bicyclic) bond motifs is 3. The molecule has 0 unspecified atom stereocenters. The van der Waals surface area contributed by atoms with Crippen molar-refractivity contribution < 1.29 is 47.3 Å². The van der Waals surface area contributed by atoms with E-state index in [0.717, 1.165) is 0 Å². The standard InChI is InChI=1S/C16H16I.CHF3O3S/c1-16(2,3)11-8-9-13-12-6-4-5-7-14(12)17-15(13)10-11;2-1(3,4)8(5,6)7/h4-10H,1-3H3;(H,5,6,7)/q+1;/p-1. The minimum Gasteiger partial charge on any atom is -0.741 e. The highest BCUT2D eigenvalue weighted by molar-refractivity contribution is 7.86. The molecule has 3 rings (SSSR count). The zero-order valence-corrected chi connectivity index (χ0v) is 16.7. The topological polar surface area (TPSA) is 57.2 Å². The second kappa shape index (κ2) is 6.88. The summed E-state index contributed by atoms with van der Waals surface area (Å²) in [7, 11) is -6.09. The summed E-state index contributed by atoms with van der Waals surface area (Å²) >= 11 is 0.0377. The quantitative estimate of drug-likeness (QED) is 0.274. The van der Waals surface area contributed by atoms with Gasteiger partial charge in [-0.3, -0.25) is 0 Å². The van der Waals surface area contributed by atoms with E-state index in [9.17, 15) is 13.2 Å². The molecule has 1 aliphatic rings. The Bertz CT molecular complexity index is 885. The first-order chi connectivity index (χ1) is 11.3. The molecule has 0 fully saturated rings. The van der Waals surface area contributed by atoms with Gasteiger partial charge in [0.1, 0.15) is 0 Å². The fourth-order valence-corrected chi connectivity index (χ4v) is 5.18. The molecule has 0 aliphatic carbocycles. The molecule has 0 spiro atoms. The maximum absolute atomic E-state index is 10.7. The van der Waals surface area contributed by atoms with Crippen molar-refractivity contribution in [2.45, 2.75) is 31.7 Å². The zero-order valence-electron chi connectivity index (χ0n) is 13.7. The van der Waals surface area contributed by atoms with Gasteiger partial charge in [-0.2, -0.15) is 13.2 Å². The van der Waals surface area contributed by atoms with Crippen LogP contribution in [0.1, 0.15) is 26.3 Å². The third-order valence-corrected chi connectivity index (χ3v) is 7.05. The molecule has 25 heavy (non-hydrogen) atoms. The molecule has 0 N–H and O–H groups in total. The highest BCUT2D eigenvalue weighted by Gasteiger charge is 2.37. The maximum Gasteiger partial charge on any atom is 0.485 e. The van der Waals surface area contributed by atoms with E-state index in [1.165, 1.54) is 16.7 Å². The van der Waals surface area contributed by atoms with Crippen molar-refractivity contribution in [3.05, 3.63) is 55.2 Å². The SMILES string of the molecule is CC(C)(C)c1ccc2c(c1)[I+]c1ccccc1-2.O=S(=O)([O-])C(F)(F)F. The monoisotopic (exact) mass is 484 g/mol. The number of rotatable bonds is 0. The van der Waals surface area contributed by atoms with Crippen molar-refractivity contribution in [2.24, 2.45) is 0 Å². The van der Waals surface area contributed by atoms with E-state index in [1.54, 1.807) is 7.14 Å². The number of benzene rings is 2. The second-order valence-electron chi connectivity index (χ2n) is 6.42. The van der Waals surface area contributed by atoms with Gasteiger partial charge in [-0.1, -0.05) is 39.0 Å². The van der Waals surface area contributed by atoms with E-state index in [0.29, 0.717) is 0 Å². The first-order valence-corrected chi connectivity index (χ1v) is 10.8. The molecule has 136 valence electrons. The van der Waals surface area contributed by atoms with Gasteiger partial charge in [0.05, 0.1) is 0 Å². The Labute approximate surface area is 155 Å². The van der Waals surface area contributed by atoms with Crippen LogP contribution in [0.2, 0.25) is 0 Å². The molecule has 3 nitrogen and oxygen atoms in total. The van der Waals surface area contributed by atoms with Crippen LogP contribution < -0.4 is 21.2 Å². The normalized spacial score (nSPS) is 13.6. The Kier molecular flexibility index (Phi) is 5.56. The predicted octanol–water partition coefficient (Wildman–Crippen LogP) is 1.14. The van der Waals surface area contributed by atoms with Crippen LogP contribution in [0, 0.1) is 7.14 Å². The van der Waals surface area contributed by atoms with E-state index in [4.69, 9.17) is 13.0 Å². The number of hydrogen-bond donors (Lipinski definition) is 0. The molecule has 0 radical (unpaired) electrons. The lowest BCUT2D eigenvalue weighted by atomic mass is 9.86. The fourth-order valence-electron chi connectivity index (χ4n) is 2.15. The summed E-state index contributed by atoms with van der Waals surface area (Å²) in [6.07, 6.45) is 0. The van der Waals surface area contributed by atoms with E-state index >= 15 is 0 Å². The van der Waals surface area contributed by atoms with Crippen molar-refractivity contribution >= 4 is 10.1 Å². The molecule has 0 saturated heterocycles. The van der Waals surface area contributed by atoms with Crippen LogP contribution >= 0.6 is 0 Å². The van der Waals surface area contributed by atoms with Crippen LogP contribution in [-0.2, 0) is 15.5 Å². The van der Waals surface area contributed by atoms with Crippen molar-refractivity contribution in [2.75, 3.05) is 0 Å². The zero-order chi connectivity index (χ0) is 19.0. The summed E-state index contributed by atoms with van der Waals surface area (Å²) < 4.78 is 62.1. The smallest absolute Gasteiger partial charge is 0.485 e. The minimum absolute atomic E-state index is 0.0377. The highest BCUT2D eigenvalue weighted by Crippen LogP contribution is 2.27. The third-order valence-electron chi connectivity index (χ3n) is 3.49. The van der Waals surface area contributed by atoms with Crippen LogP contribution in [0.25, 0.3) is 11.1 Å². The number of hydrogen-bond acceptors (Lipinski definition) is 3. The molecule has 0 atom stereocenters. The average molecular weight is 484 g/mol. The molecule has 0 aromatic heterocycles. The van der Waals surface area contributed by atoms with Crippen LogP contribution in [0.15, 0.2) is 42.5 Å². The first kappa shape index (κ1) is 20.2. The first-order valence-electron chi connectivity index (χ1n) is 7.21. The Balaban J connectivity index is 0.000000242. The Morgan fingerprint density at radius 3 is 1.96 bits per heavy atom. The molecular formula is C17H16F3IO3S. The van der Waals surface area contributed by atoms with E-state index < -0.39 is 15.6 Å². The molecule has 1 heterocycles. The maximum atomic E-state index is 10.7. The lowest BCUT2D eigenvalue weighted by Gasteiger charge is -2.18. The third kappa shape index (κ3) is 4.73. The summed E-state index contributed by atoms with van der Waals surface area (Å²) in [5.74, 6) is 0. The van der Waals surface area contributed by atoms with Gasteiger partial charge in [-0.25, -0.2) is 8.42 Å². The lowest BCUT2D eigenvalue weighted by Crippen LogP contribution is -3.61. The summed E-state index contributed by atoms with van der Waals surface area (Å²) in [6.45, 7) is 6.86. The summed E-state index contributed by atoms with van der Waals surface area (Å²) in [5.41, 5.74) is -0.985. The van der Waals surface area contributed by atoms with Crippen LogP contribution in [0.3, 0.4) is 0 Å². The molecular weight excluding hydrogens is 468 g/mol. The van der Waals surface area contributed by atoms with Crippen molar-refractivity contribution in [3.8, 4) is 11.1 Å². The van der Waals surface area contributed by atoms with Crippen molar-refractivity contribution in [1.82, 2.24) is 0 Å². The van der Waals surface area contributed by atoms with Crippen LogP contribution in [0.4, 0.5) is 13.2 Å². The minimum atomic E-state index is -6.09. The van der Waals surface area contributed by atoms with E-state index in [-0.39, 0.29) is 26.6 Å². The lowest BCUT2D eigenvalue weighted by molar-refractivity contribution is -0.590. The molecule has 2 aromatic carbocycles. The Hall–Kier alpha value is -1.13. The van der Waals surface area contributed by atoms with E-state index in [2.05, 4.69) is 63.2 Å². The van der Waals surface area contributed by atoms with Gasteiger partial charge in [0.2, 0.25) is 7.14 Å². The molecule has 8 heteroatoms. The van der Waals surface area contributed by atoms with Crippen LogP contribution in [0.5, 0.6) is 0 Å². The van der Waals surface area contributed by atoms with Gasteiger partial charge in [-0.05, 0) is 35.2 Å². The predicted molar refractivity (Wildman–Crippen MR) is 83.7 cm³/mol. The van der Waals surface area contributed by atoms with Gasteiger partial charge in [0.15, 0.2) is 10.1 Å². The molecule has 0 bridgehead atoms. The van der Waals surface area contributed by atoms with Gasteiger partial charge < -0.3 is 4.55 Å². The molecule has 2 aromatic rings. The number of halogens is 4. The number of alkyl halides is 3. The molecule has 0 amide bonds. The summed E-state index contributed by atoms with van der Waals surface area (Å²) in [5, 5.41) is 0. The van der Waals surface area contributed by atoms with Gasteiger partial charge in [-0.15, -0.1) is 0 Å². The van der Waals surface area contributed by atoms with Gasteiger partial charge >= 0.3 is 26.7 Å². The van der Waals surface area contributed by atoms with E-state index in [1.807, 2.05) is 0 Å². The largest absolute Gasteiger partial charge is 0.741 e. The molecule has 0 saturated carbocycles. The fraction of sp³-hybridized carbons (Fsp3) is 0.294. The van der Waals surface area contributed by atoms with Gasteiger partial charge in [0.25, 0.3) is 0 Å². The van der Waals surface area contributed by atoms with Crippen molar-refractivity contribution in [3.63, 3.8) is 0 Å². The second-order valence-corrected chi connectivity index (χ2v) is 10.7. The summed E-state index contributed by atoms with van der Waals surface area (Å²) in [6, 6.07) is 15.9. The Morgan fingerprint density at radius 1 is 0.920 bits per heavy atom. The summed E-state index contributed by atoms with van der Waals surface area (Å²) in [4.78, 5) is 0. The highest BCUT2D eigenvalue weighted by atomic mass is 127.